The lowest BCUT2D eigenvalue weighted by Gasteiger charge is -2.11. The van der Waals surface area contributed by atoms with Gasteiger partial charge in [0.25, 0.3) is 0 Å². The lowest BCUT2D eigenvalue weighted by atomic mass is 10.0. The molecular formula is C11H13NO4. The number of hydrogen-bond acceptors (Lipinski definition) is 4. The van der Waals surface area contributed by atoms with Crippen molar-refractivity contribution in [3.8, 4) is 0 Å². The second-order valence-electron chi connectivity index (χ2n) is 3.12. The van der Waals surface area contributed by atoms with Crippen molar-refractivity contribution in [2.24, 2.45) is 5.73 Å². The minimum absolute atomic E-state index is 0.194. The first-order chi connectivity index (χ1) is 7.57. The number of ether oxygens (including phenoxy) is 1. The van der Waals surface area contributed by atoms with Crippen molar-refractivity contribution in [1.82, 2.24) is 0 Å². The number of esters is 1. The first-order valence-electron chi connectivity index (χ1n) is 4.82. The maximum absolute atomic E-state index is 11.5. The second-order valence-corrected chi connectivity index (χ2v) is 3.12. The second kappa shape index (κ2) is 5.27. The Morgan fingerprint density at radius 1 is 1.44 bits per heavy atom. The van der Waals surface area contributed by atoms with E-state index in [0.29, 0.717) is 0 Å². The molecule has 0 saturated heterocycles. The molecule has 0 amide bonds. The molecule has 0 fully saturated rings. The van der Waals surface area contributed by atoms with Crippen LogP contribution in [0.15, 0.2) is 24.3 Å². The summed E-state index contributed by atoms with van der Waals surface area (Å²) < 4.78 is 4.81. The van der Waals surface area contributed by atoms with Gasteiger partial charge < -0.3 is 15.6 Å². The van der Waals surface area contributed by atoms with Gasteiger partial charge in [-0.15, -0.1) is 0 Å². The summed E-state index contributed by atoms with van der Waals surface area (Å²) >= 11 is 0. The van der Waals surface area contributed by atoms with E-state index >= 15 is 0 Å². The van der Waals surface area contributed by atoms with E-state index in [0.717, 1.165) is 0 Å². The van der Waals surface area contributed by atoms with Gasteiger partial charge in [-0.05, 0) is 18.6 Å². The van der Waals surface area contributed by atoms with Crippen molar-refractivity contribution >= 4 is 11.9 Å². The molecule has 0 heterocycles. The van der Waals surface area contributed by atoms with Crippen LogP contribution in [0.1, 0.15) is 28.9 Å². The molecule has 0 aliphatic carbocycles. The maximum atomic E-state index is 11.5. The third-order valence-electron chi connectivity index (χ3n) is 2.06. The molecule has 3 N–H and O–H groups in total. The number of aliphatic carboxylic acids is 1. The summed E-state index contributed by atoms with van der Waals surface area (Å²) in [5.74, 6) is -1.74. The molecule has 1 rings (SSSR count). The highest BCUT2D eigenvalue weighted by atomic mass is 16.5. The molecule has 0 spiro atoms. The quantitative estimate of drug-likeness (QED) is 0.741. The van der Waals surface area contributed by atoms with Gasteiger partial charge in [0, 0.05) is 0 Å². The Morgan fingerprint density at radius 3 is 2.62 bits per heavy atom. The average Bonchev–Trinajstić information content (AvgIpc) is 2.28. The van der Waals surface area contributed by atoms with Crippen molar-refractivity contribution in [2.45, 2.75) is 13.0 Å². The van der Waals surface area contributed by atoms with Crippen LogP contribution in [-0.4, -0.2) is 23.7 Å². The molecule has 1 atom stereocenters. The van der Waals surface area contributed by atoms with E-state index in [1.165, 1.54) is 12.1 Å². The van der Waals surface area contributed by atoms with Crippen LogP contribution >= 0.6 is 0 Å². The van der Waals surface area contributed by atoms with Crippen molar-refractivity contribution in [3.63, 3.8) is 0 Å². The van der Waals surface area contributed by atoms with Crippen LogP contribution in [0, 0.1) is 0 Å². The smallest absolute Gasteiger partial charge is 0.338 e. The number of benzene rings is 1. The number of carboxylic acid groups (broad SMARTS) is 1. The zero-order valence-electron chi connectivity index (χ0n) is 8.84. The SMILES string of the molecule is CCOC(=O)c1ccccc1[C@@H](N)C(=O)O. The zero-order chi connectivity index (χ0) is 12.1. The van der Waals surface area contributed by atoms with Crippen LogP contribution in [0.4, 0.5) is 0 Å². The molecule has 1 aromatic carbocycles. The standard InChI is InChI=1S/C11H13NO4/c1-2-16-11(15)8-6-4-3-5-7(8)9(12)10(13)14/h3-6,9H,2,12H2,1H3,(H,13,14)/t9-/m1/s1. The third-order valence-corrected chi connectivity index (χ3v) is 2.06. The highest BCUT2D eigenvalue weighted by Crippen LogP contribution is 2.17. The van der Waals surface area contributed by atoms with Crippen LogP contribution in [0.5, 0.6) is 0 Å². The van der Waals surface area contributed by atoms with E-state index in [4.69, 9.17) is 15.6 Å². The zero-order valence-corrected chi connectivity index (χ0v) is 8.84. The molecule has 0 aliphatic rings. The molecular weight excluding hydrogens is 210 g/mol. The highest BCUT2D eigenvalue weighted by Gasteiger charge is 2.21. The predicted octanol–water partition coefficient (Wildman–Crippen LogP) is 0.948. The Bertz CT molecular complexity index is 403. The van der Waals surface area contributed by atoms with Crippen LogP contribution in [0.3, 0.4) is 0 Å². The Labute approximate surface area is 92.8 Å². The minimum atomic E-state index is -1.22. The number of rotatable bonds is 4. The normalized spacial score (nSPS) is 11.9. The summed E-state index contributed by atoms with van der Waals surface area (Å²) in [6, 6.07) is 5.03. The van der Waals surface area contributed by atoms with Crippen LogP contribution in [0.2, 0.25) is 0 Å². The lowest BCUT2D eigenvalue weighted by Crippen LogP contribution is -2.23. The van der Waals surface area contributed by atoms with Gasteiger partial charge in [-0.1, -0.05) is 18.2 Å². The first kappa shape index (κ1) is 12.2. The van der Waals surface area contributed by atoms with Gasteiger partial charge in [0.1, 0.15) is 6.04 Å². The van der Waals surface area contributed by atoms with Gasteiger partial charge >= 0.3 is 11.9 Å². The highest BCUT2D eigenvalue weighted by molar-refractivity contribution is 5.93. The van der Waals surface area contributed by atoms with Gasteiger partial charge in [0.2, 0.25) is 0 Å². The van der Waals surface area contributed by atoms with Crippen molar-refractivity contribution in [1.29, 1.82) is 0 Å². The molecule has 1 aromatic rings. The molecule has 0 aromatic heterocycles. The number of hydrogen-bond donors (Lipinski definition) is 2. The van der Waals surface area contributed by atoms with E-state index in [1.54, 1.807) is 19.1 Å². The number of carbonyl (C=O) groups excluding carboxylic acids is 1. The van der Waals surface area contributed by atoms with E-state index < -0.39 is 18.0 Å². The van der Waals surface area contributed by atoms with Crippen molar-refractivity contribution in [2.75, 3.05) is 6.61 Å². The van der Waals surface area contributed by atoms with E-state index in [1.807, 2.05) is 0 Å². The molecule has 5 heteroatoms. The molecule has 0 unspecified atom stereocenters. The van der Waals surface area contributed by atoms with Gasteiger partial charge in [-0.25, -0.2) is 4.79 Å². The number of nitrogens with two attached hydrogens (primary N) is 1. The maximum Gasteiger partial charge on any atom is 0.338 e. The fourth-order valence-corrected chi connectivity index (χ4v) is 1.30. The summed E-state index contributed by atoms with van der Waals surface area (Å²) in [7, 11) is 0. The molecule has 0 bridgehead atoms. The van der Waals surface area contributed by atoms with Gasteiger partial charge in [0.15, 0.2) is 0 Å². The molecule has 5 nitrogen and oxygen atoms in total. The van der Waals surface area contributed by atoms with Crippen LogP contribution in [0.25, 0.3) is 0 Å². The van der Waals surface area contributed by atoms with Crippen molar-refractivity contribution < 1.29 is 19.4 Å². The summed E-state index contributed by atoms with van der Waals surface area (Å²) in [6.45, 7) is 1.91. The third kappa shape index (κ3) is 2.58. The largest absolute Gasteiger partial charge is 0.480 e. The summed E-state index contributed by atoms with van der Waals surface area (Å²) in [6.07, 6.45) is 0. The molecule has 86 valence electrons. The average molecular weight is 223 g/mol. The lowest BCUT2D eigenvalue weighted by molar-refractivity contribution is -0.138. The Kier molecular flexibility index (Phi) is 4.02. The van der Waals surface area contributed by atoms with Gasteiger partial charge in [-0.3, -0.25) is 4.79 Å². The van der Waals surface area contributed by atoms with Crippen molar-refractivity contribution in [3.05, 3.63) is 35.4 Å². The fourth-order valence-electron chi connectivity index (χ4n) is 1.30. The number of carbonyl (C=O) groups is 2. The Balaban J connectivity index is 3.09. The minimum Gasteiger partial charge on any atom is -0.480 e. The van der Waals surface area contributed by atoms with E-state index in [-0.39, 0.29) is 17.7 Å². The van der Waals surface area contributed by atoms with Gasteiger partial charge in [0.05, 0.1) is 12.2 Å². The van der Waals surface area contributed by atoms with E-state index in [2.05, 4.69) is 0 Å². The van der Waals surface area contributed by atoms with Crippen LogP contribution in [-0.2, 0) is 9.53 Å². The monoisotopic (exact) mass is 223 g/mol. The topological polar surface area (TPSA) is 89.6 Å². The molecule has 16 heavy (non-hydrogen) atoms. The molecule has 0 radical (unpaired) electrons. The molecule has 0 saturated carbocycles. The molecule has 0 aliphatic heterocycles. The van der Waals surface area contributed by atoms with Crippen LogP contribution < -0.4 is 5.73 Å². The Morgan fingerprint density at radius 2 is 2.06 bits per heavy atom. The fraction of sp³-hybridized carbons (Fsp3) is 0.273. The van der Waals surface area contributed by atoms with E-state index in [9.17, 15) is 9.59 Å². The predicted molar refractivity (Wildman–Crippen MR) is 57.0 cm³/mol. The Hall–Kier alpha value is -1.88. The first-order valence-corrected chi connectivity index (χ1v) is 4.82. The number of carboxylic acids is 1. The summed E-state index contributed by atoms with van der Waals surface area (Å²) in [5, 5.41) is 8.79. The van der Waals surface area contributed by atoms with Gasteiger partial charge in [-0.2, -0.15) is 0 Å². The summed E-state index contributed by atoms with van der Waals surface area (Å²) in [5.41, 5.74) is 5.92. The summed E-state index contributed by atoms with van der Waals surface area (Å²) in [4.78, 5) is 22.3.